The highest BCUT2D eigenvalue weighted by Crippen LogP contribution is 2.14. The van der Waals surface area contributed by atoms with Crippen LogP contribution >= 0.6 is 0 Å². The summed E-state index contributed by atoms with van der Waals surface area (Å²) in [4.78, 5) is 0. The lowest BCUT2D eigenvalue weighted by Gasteiger charge is -2.14. The average Bonchev–Trinajstić information content (AvgIpc) is 2.54. The number of ether oxygens (including phenoxy) is 2. The molecule has 2 rings (SSSR count). The van der Waals surface area contributed by atoms with Gasteiger partial charge >= 0.3 is 0 Å². The molecule has 0 saturated carbocycles. The second-order valence-electron chi connectivity index (χ2n) is 5.18. The van der Waals surface area contributed by atoms with Crippen LogP contribution in [-0.4, -0.2) is 20.3 Å². The third-order valence-corrected chi connectivity index (χ3v) is 3.51. The van der Waals surface area contributed by atoms with Gasteiger partial charge in [-0.1, -0.05) is 24.3 Å². The first kappa shape index (κ1) is 15.4. The summed E-state index contributed by atoms with van der Waals surface area (Å²) in [5.41, 5.74) is 2.57. The number of hydrogen-bond acceptors (Lipinski definition) is 3. The SMILES string of the molecule is COc1ccc(CN[C@@H](C)Cc2ccc(OC)cc2)cc1. The fourth-order valence-electron chi connectivity index (χ4n) is 2.22. The molecular formula is C18H23NO2. The molecule has 0 spiro atoms. The van der Waals surface area contributed by atoms with Crippen LogP contribution in [-0.2, 0) is 13.0 Å². The van der Waals surface area contributed by atoms with Gasteiger partial charge in [0.05, 0.1) is 14.2 Å². The van der Waals surface area contributed by atoms with Crippen LogP contribution in [0.5, 0.6) is 11.5 Å². The van der Waals surface area contributed by atoms with Crippen molar-refractivity contribution in [3.8, 4) is 11.5 Å². The van der Waals surface area contributed by atoms with Crippen LogP contribution in [0.3, 0.4) is 0 Å². The van der Waals surface area contributed by atoms with Gasteiger partial charge in [0, 0.05) is 12.6 Å². The van der Waals surface area contributed by atoms with Crippen LogP contribution < -0.4 is 14.8 Å². The molecule has 0 radical (unpaired) electrons. The molecule has 0 saturated heterocycles. The standard InChI is InChI=1S/C18H23NO2/c1-14(12-15-4-8-17(20-2)9-5-15)19-13-16-6-10-18(21-3)11-7-16/h4-11,14,19H,12-13H2,1-3H3/t14-/m0/s1. The van der Waals surface area contributed by atoms with Crippen molar-refractivity contribution in [2.45, 2.75) is 25.9 Å². The molecule has 1 N–H and O–H groups in total. The van der Waals surface area contributed by atoms with E-state index in [1.807, 2.05) is 24.3 Å². The molecule has 0 aliphatic heterocycles. The highest BCUT2D eigenvalue weighted by atomic mass is 16.5. The number of methoxy groups -OCH3 is 2. The van der Waals surface area contributed by atoms with Gasteiger partial charge in [0.25, 0.3) is 0 Å². The van der Waals surface area contributed by atoms with E-state index in [2.05, 4.69) is 36.5 Å². The second-order valence-corrected chi connectivity index (χ2v) is 5.18. The lowest BCUT2D eigenvalue weighted by Crippen LogP contribution is -2.27. The van der Waals surface area contributed by atoms with Gasteiger partial charge in [0.15, 0.2) is 0 Å². The van der Waals surface area contributed by atoms with Crippen molar-refractivity contribution in [2.75, 3.05) is 14.2 Å². The summed E-state index contributed by atoms with van der Waals surface area (Å²) < 4.78 is 10.3. The Hall–Kier alpha value is -2.00. The van der Waals surface area contributed by atoms with E-state index in [0.29, 0.717) is 6.04 Å². The molecule has 0 aliphatic rings. The molecule has 3 heteroatoms. The van der Waals surface area contributed by atoms with Crippen molar-refractivity contribution in [3.63, 3.8) is 0 Å². The zero-order chi connectivity index (χ0) is 15.1. The molecule has 0 amide bonds. The first-order chi connectivity index (χ1) is 10.2. The Kier molecular flexibility index (Phi) is 5.64. The molecule has 0 unspecified atom stereocenters. The number of rotatable bonds is 7. The Bertz CT molecular complexity index is 534. The quantitative estimate of drug-likeness (QED) is 0.845. The maximum absolute atomic E-state index is 5.17. The molecular weight excluding hydrogens is 262 g/mol. The highest BCUT2D eigenvalue weighted by molar-refractivity contribution is 5.28. The predicted molar refractivity (Wildman–Crippen MR) is 86.0 cm³/mol. The molecule has 21 heavy (non-hydrogen) atoms. The van der Waals surface area contributed by atoms with Gasteiger partial charge in [-0.2, -0.15) is 0 Å². The maximum Gasteiger partial charge on any atom is 0.118 e. The van der Waals surface area contributed by atoms with Crippen molar-refractivity contribution >= 4 is 0 Å². The number of nitrogens with one attached hydrogen (secondary N) is 1. The van der Waals surface area contributed by atoms with Crippen LogP contribution in [0.15, 0.2) is 48.5 Å². The van der Waals surface area contributed by atoms with E-state index in [-0.39, 0.29) is 0 Å². The molecule has 0 aromatic heterocycles. The lowest BCUT2D eigenvalue weighted by atomic mass is 10.1. The van der Waals surface area contributed by atoms with Gasteiger partial charge in [-0.15, -0.1) is 0 Å². The second kappa shape index (κ2) is 7.70. The summed E-state index contributed by atoms with van der Waals surface area (Å²) in [7, 11) is 3.37. The van der Waals surface area contributed by atoms with Crippen molar-refractivity contribution in [1.82, 2.24) is 5.32 Å². The summed E-state index contributed by atoms with van der Waals surface area (Å²) in [6.07, 6.45) is 1.00. The summed E-state index contributed by atoms with van der Waals surface area (Å²) >= 11 is 0. The summed E-state index contributed by atoms with van der Waals surface area (Å²) in [6.45, 7) is 3.06. The molecule has 0 fully saturated rings. The molecule has 1 atom stereocenters. The Morgan fingerprint density at radius 3 is 1.76 bits per heavy atom. The minimum atomic E-state index is 0.417. The topological polar surface area (TPSA) is 30.5 Å². The van der Waals surface area contributed by atoms with Crippen LogP contribution in [0, 0.1) is 0 Å². The molecule has 2 aromatic rings. The molecule has 112 valence electrons. The monoisotopic (exact) mass is 285 g/mol. The zero-order valence-corrected chi connectivity index (χ0v) is 12.9. The first-order valence-electron chi connectivity index (χ1n) is 7.20. The van der Waals surface area contributed by atoms with Crippen molar-refractivity contribution in [2.24, 2.45) is 0 Å². The molecule has 0 heterocycles. The molecule has 0 aliphatic carbocycles. The highest BCUT2D eigenvalue weighted by Gasteiger charge is 2.04. The fraction of sp³-hybridized carbons (Fsp3) is 0.333. The summed E-state index contributed by atoms with van der Waals surface area (Å²) in [6, 6.07) is 16.8. The van der Waals surface area contributed by atoms with E-state index in [9.17, 15) is 0 Å². The normalized spacial score (nSPS) is 12.0. The van der Waals surface area contributed by atoms with Crippen LogP contribution in [0.1, 0.15) is 18.1 Å². The van der Waals surface area contributed by atoms with E-state index in [0.717, 1.165) is 24.5 Å². The van der Waals surface area contributed by atoms with E-state index in [1.54, 1.807) is 14.2 Å². The van der Waals surface area contributed by atoms with Crippen molar-refractivity contribution in [3.05, 3.63) is 59.7 Å². The Morgan fingerprint density at radius 1 is 0.810 bits per heavy atom. The van der Waals surface area contributed by atoms with Gasteiger partial charge in [-0.05, 0) is 48.7 Å². The minimum absolute atomic E-state index is 0.417. The average molecular weight is 285 g/mol. The van der Waals surface area contributed by atoms with Crippen LogP contribution in [0.25, 0.3) is 0 Å². The first-order valence-corrected chi connectivity index (χ1v) is 7.20. The molecule has 0 bridgehead atoms. The maximum atomic E-state index is 5.17. The Morgan fingerprint density at radius 2 is 1.29 bits per heavy atom. The van der Waals surface area contributed by atoms with Gasteiger partial charge < -0.3 is 14.8 Å². The Labute approximate surface area is 126 Å². The summed E-state index contributed by atoms with van der Waals surface area (Å²) in [5.74, 6) is 1.79. The fourth-order valence-corrected chi connectivity index (χ4v) is 2.22. The number of benzene rings is 2. The van der Waals surface area contributed by atoms with E-state index in [4.69, 9.17) is 9.47 Å². The number of hydrogen-bond donors (Lipinski definition) is 1. The minimum Gasteiger partial charge on any atom is -0.497 e. The van der Waals surface area contributed by atoms with E-state index in [1.165, 1.54) is 11.1 Å². The lowest BCUT2D eigenvalue weighted by molar-refractivity contribution is 0.414. The van der Waals surface area contributed by atoms with E-state index < -0.39 is 0 Å². The van der Waals surface area contributed by atoms with Gasteiger partial charge in [-0.3, -0.25) is 0 Å². The van der Waals surface area contributed by atoms with Crippen molar-refractivity contribution < 1.29 is 9.47 Å². The predicted octanol–water partition coefficient (Wildman–Crippen LogP) is 3.42. The van der Waals surface area contributed by atoms with E-state index >= 15 is 0 Å². The third kappa shape index (κ3) is 4.80. The zero-order valence-electron chi connectivity index (χ0n) is 12.9. The van der Waals surface area contributed by atoms with Crippen molar-refractivity contribution in [1.29, 1.82) is 0 Å². The van der Waals surface area contributed by atoms with Gasteiger partial charge in [0.2, 0.25) is 0 Å². The molecule has 3 nitrogen and oxygen atoms in total. The largest absolute Gasteiger partial charge is 0.497 e. The third-order valence-electron chi connectivity index (χ3n) is 3.51. The van der Waals surface area contributed by atoms with Gasteiger partial charge in [0.1, 0.15) is 11.5 Å². The Balaban J connectivity index is 1.81. The van der Waals surface area contributed by atoms with Crippen LogP contribution in [0.2, 0.25) is 0 Å². The summed E-state index contributed by atoms with van der Waals surface area (Å²) in [5, 5.41) is 3.54. The van der Waals surface area contributed by atoms with Gasteiger partial charge in [-0.25, -0.2) is 0 Å². The van der Waals surface area contributed by atoms with Crippen LogP contribution in [0.4, 0.5) is 0 Å². The smallest absolute Gasteiger partial charge is 0.118 e. The molecule has 2 aromatic carbocycles.